The molecular formula is C24H30N4O5S. The predicted octanol–water partition coefficient (Wildman–Crippen LogP) is 2.80. The summed E-state index contributed by atoms with van der Waals surface area (Å²) in [5, 5.41) is 5.92. The number of fused-ring (bicyclic) bond motifs is 1. The number of esters is 1. The Kier molecular flexibility index (Phi) is 5.95. The van der Waals surface area contributed by atoms with Crippen LogP contribution in [0.1, 0.15) is 55.4 Å². The summed E-state index contributed by atoms with van der Waals surface area (Å²) < 4.78 is 6.39. The summed E-state index contributed by atoms with van der Waals surface area (Å²) in [5.74, 6) is 0.750. The molecule has 4 fully saturated rings. The molecule has 2 N–H and O–H groups in total. The van der Waals surface area contributed by atoms with E-state index in [2.05, 4.69) is 15.6 Å². The Balaban J connectivity index is 1.08. The van der Waals surface area contributed by atoms with Crippen molar-refractivity contribution in [2.24, 2.45) is 17.8 Å². The van der Waals surface area contributed by atoms with Gasteiger partial charge in [0, 0.05) is 17.0 Å². The zero-order valence-electron chi connectivity index (χ0n) is 19.5. The van der Waals surface area contributed by atoms with Gasteiger partial charge < -0.3 is 10.1 Å². The number of ether oxygens (including phenoxy) is 1. The molecule has 2 heterocycles. The van der Waals surface area contributed by atoms with Crippen LogP contribution in [0.25, 0.3) is 10.2 Å². The van der Waals surface area contributed by atoms with Gasteiger partial charge in [-0.05, 0) is 75.7 Å². The van der Waals surface area contributed by atoms with Crippen LogP contribution < -0.4 is 16.2 Å². The van der Waals surface area contributed by atoms with Gasteiger partial charge in [0.05, 0.1) is 18.1 Å². The van der Waals surface area contributed by atoms with E-state index in [9.17, 15) is 19.2 Å². The molecule has 34 heavy (non-hydrogen) atoms. The lowest BCUT2D eigenvalue weighted by atomic mass is 9.53. The van der Waals surface area contributed by atoms with Gasteiger partial charge in [-0.3, -0.25) is 24.3 Å². The lowest BCUT2D eigenvalue weighted by Crippen LogP contribution is -2.62. The average molecular weight is 487 g/mol. The van der Waals surface area contributed by atoms with E-state index >= 15 is 0 Å². The van der Waals surface area contributed by atoms with Crippen molar-refractivity contribution in [1.82, 2.24) is 20.2 Å². The molecule has 0 radical (unpaired) electrons. The van der Waals surface area contributed by atoms with Gasteiger partial charge in [-0.2, -0.15) is 0 Å². The fourth-order valence-corrected chi connectivity index (χ4v) is 7.55. The third kappa shape index (κ3) is 4.47. The fourth-order valence-electron chi connectivity index (χ4n) is 6.56. The number of imide groups is 1. The number of aryl methyl sites for hydroxylation is 3. The van der Waals surface area contributed by atoms with Crippen molar-refractivity contribution in [3.8, 4) is 0 Å². The molecule has 4 aliphatic rings. The molecule has 0 aliphatic heterocycles. The van der Waals surface area contributed by atoms with Crippen LogP contribution in [0.3, 0.4) is 0 Å². The maximum atomic E-state index is 12.7. The number of urea groups is 1. The summed E-state index contributed by atoms with van der Waals surface area (Å²) in [6, 6.07) is -0.518. The second kappa shape index (κ2) is 8.79. The van der Waals surface area contributed by atoms with Crippen molar-refractivity contribution < 1.29 is 19.1 Å². The largest absolute Gasteiger partial charge is 0.456 e. The minimum Gasteiger partial charge on any atom is -0.456 e. The summed E-state index contributed by atoms with van der Waals surface area (Å²) in [6.07, 6.45) is 8.09. The molecule has 4 bridgehead atoms. The number of carbonyl (C=O) groups is 3. The van der Waals surface area contributed by atoms with Gasteiger partial charge in [0.2, 0.25) is 0 Å². The number of thiophene rings is 1. The molecular weight excluding hydrogens is 456 g/mol. The van der Waals surface area contributed by atoms with Crippen LogP contribution in [0.2, 0.25) is 0 Å². The highest BCUT2D eigenvalue weighted by atomic mass is 32.1. The van der Waals surface area contributed by atoms with Crippen LogP contribution in [0.5, 0.6) is 0 Å². The standard InChI is InChI=1S/C24H30N4O5S/c1-13-14(2)34-21-20(13)22(31)28(12-25-21)4-3-19(30)33-11-18(29)26-23(32)27-24-8-15-5-16(9-24)7-17(6-15)10-24/h12,15-17H,3-11H2,1-2H3,(H2,26,27,29,32). The molecule has 0 saturated heterocycles. The van der Waals surface area contributed by atoms with Crippen LogP contribution >= 0.6 is 11.3 Å². The molecule has 2 aromatic rings. The first-order chi connectivity index (χ1) is 16.2. The summed E-state index contributed by atoms with van der Waals surface area (Å²) in [5.41, 5.74) is 0.508. The molecule has 0 unspecified atom stereocenters. The maximum absolute atomic E-state index is 12.7. The quantitative estimate of drug-likeness (QED) is 0.606. The van der Waals surface area contributed by atoms with Crippen LogP contribution in [0, 0.1) is 31.6 Å². The number of aromatic nitrogens is 2. The number of nitrogens with zero attached hydrogens (tertiary/aromatic N) is 2. The molecule has 2 aromatic heterocycles. The van der Waals surface area contributed by atoms with Gasteiger partial charge in [0.15, 0.2) is 6.61 Å². The number of rotatable bonds is 6. The first kappa shape index (κ1) is 23.0. The van der Waals surface area contributed by atoms with Crippen LogP contribution in [0.4, 0.5) is 4.79 Å². The molecule has 4 aliphatic carbocycles. The monoisotopic (exact) mass is 486 g/mol. The number of nitrogens with one attached hydrogen (secondary N) is 2. The zero-order valence-corrected chi connectivity index (χ0v) is 20.3. The van der Waals surface area contributed by atoms with Gasteiger partial charge in [-0.15, -0.1) is 11.3 Å². The number of hydrogen-bond donors (Lipinski definition) is 2. The Morgan fingerprint density at radius 2 is 1.79 bits per heavy atom. The third-order valence-electron chi connectivity index (χ3n) is 7.75. The first-order valence-electron chi connectivity index (χ1n) is 11.9. The summed E-state index contributed by atoms with van der Waals surface area (Å²) in [7, 11) is 0. The highest BCUT2D eigenvalue weighted by molar-refractivity contribution is 7.18. The van der Waals surface area contributed by atoms with Crippen molar-refractivity contribution in [2.45, 2.75) is 70.9 Å². The zero-order chi connectivity index (χ0) is 24.0. The first-order valence-corrected chi connectivity index (χ1v) is 12.8. The summed E-state index contributed by atoms with van der Waals surface area (Å²) >= 11 is 1.47. The van der Waals surface area contributed by atoms with Gasteiger partial charge in [-0.1, -0.05) is 0 Å². The molecule has 10 heteroatoms. The van der Waals surface area contributed by atoms with Crippen LogP contribution in [-0.2, 0) is 20.9 Å². The topological polar surface area (TPSA) is 119 Å². The van der Waals surface area contributed by atoms with E-state index in [1.165, 1.54) is 41.5 Å². The molecule has 0 aromatic carbocycles. The SMILES string of the molecule is Cc1sc2ncn(CCC(=O)OCC(=O)NC(=O)NC34CC5CC(CC(C5)C3)C4)c(=O)c2c1C. The van der Waals surface area contributed by atoms with Crippen LogP contribution in [-0.4, -0.2) is 39.6 Å². The number of amides is 3. The van der Waals surface area contributed by atoms with Gasteiger partial charge in [0.1, 0.15) is 4.83 Å². The number of hydrogen-bond acceptors (Lipinski definition) is 7. The Bertz CT molecular complexity index is 1180. The predicted molar refractivity (Wildman–Crippen MR) is 127 cm³/mol. The lowest BCUT2D eigenvalue weighted by Gasteiger charge is -2.56. The van der Waals surface area contributed by atoms with Crippen molar-refractivity contribution in [2.75, 3.05) is 6.61 Å². The van der Waals surface area contributed by atoms with Crippen molar-refractivity contribution in [3.05, 3.63) is 27.1 Å². The summed E-state index contributed by atoms with van der Waals surface area (Å²) in [4.78, 5) is 55.4. The minimum absolute atomic E-state index is 0.0813. The van der Waals surface area contributed by atoms with Gasteiger partial charge in [-0.25, -0.2) is 9.78 Å². The lowest BCUT2D eigenvalue weighted by molar-refractivity contribution is -0.148. The van der Waals surface area contributed by atoms with E-state index in [0.717, 1.165) is 29.7 Å². The van der Waals surface area contributed by atoms with E-state index in [0.29, 0.717) is 28.0 Å². The second-order valence-corrected chi connectivity index (χ2v) is 11.5. The van der Waals surface area contributed by atoms with Crippen molar-refractivity contribution >= 4 is 39.5 Å². The maximum Gasteiger partial charge on any atom is 0.321 e. The Morgan fingerprint density at radius 1 is 1.15 bits per heavy atom. The van der Waals surface area contributed by atoms with Crippen LogP contribution in [0.15, 0.2) is 11.1 Å². The molecule has 6 rings (SSSR count). The van der Waals surface area contributed by atoms with E-state index in [-0.39, 0.29) is 24.1 Å². The minimum atomic E-state index is -0.666. The Labute approximate surface area is 201 Å². The molecule has 9 nitrogen and oxygen atoms in total. The van der Waals surface area contributed by atoms with E-state index in [4.69, 9.17) is 4.74 Å². The number of carbonyl (C=O) groups excluding carboxylic acids is 3. The average Bonchev–Trinajstić information content (AvgIpc) is 3.04. The molecule has 182 valence electrons. The Morgan fingerprint density at radius 3 is 2.44 bits per heavy atom. The Hall–Kier alpha value is -2.75. The van der Waals surface area contributed by atoms with E-state index in [1.54, 1.807) is 0 Å². The van der Waals surface area contributed by atoms with Crippen molar-refractivity contribution in [1.29, 1.82) is 0 Å². The molecule has 3 amide bonds. The van der Waals surface area contributed by atoms with Gasteiger partial charge in [0.25, 0.3) is 11.5 Å². The summed E-state index contributed by atoms with van der Waals surface area (Å²) in [6.45, 7) is 3.39. The van der Waals surface area contributed by atoms with E-state index < -0.39 is 24.5 Å². The second-order valence-electron chi connectivity index (χ2n) is 10.3. The van der Waals surface area contributed by atoms with E-state index in [1.807, 2.05) is 13.8 Å². The normalized spacial score (nSPS) is 27.1. The van der Waals surface area contributed by atoms with Crippen molar-refractivity contribution in [3.63, 3.8) is 0 Å². The molecule has 0 atom stereocenters. The third-order valence-corrected chi connectivity index (χ3v) is 8.86. The highest BCUT2D eigenvalue weighted by Gasteiger charge is 2.51. The smallest absolute Gasteiger partial charge is 0.321 e. The van der Waals surface area contributed by atoms with Gasteiger partial charge >= 0.3 is 12.0 Å². The fraction of sp³-hybridized carbons (Fsp3) is 0.625. The molecule has 4 saturated carbocycles. The highest BCUT2D eigenvalue weighted by Crippen LogP contribution is 2.55. The molecule has 0 spiro atoms.